The van der Waals surface area contributed by atoms with E-state index in [2.05, 4.69) is 47.0 Å². The van der Waals surface area contributed by atoms with Crippen molar-refractivity contribution < 1.29 is 0 Å². The van der Waals surface area contributed by atoms with Crippen LogP contribution in [0.25, 0.3) is 22.3 Å². The summed E-state index contributed by atoms with van der Waals surface area (Å²) in [7, 11) is 0. The number of rotatable bonds is 3. The molecule has 0 aliphatic carbocycles. The highest BCUT2D eigenvalue weighted by Gasteiger charge is 2.08. The van der Waals surface area contributed by atoms with Crippen LogP contribution in [-0.4, -0.2) is 15.0 Å². The van der Waals surface area contributed by atoms with Gasteiger partial charge >= 0.3 is 0 Å². The van der Waals surface area contributed by atoms with Gasteiger partial charge in [0.2, 0.25) is 0 Å². The van der Waals surface area contributed by atoms with Gasteiger partial charge in [0.1, 0.15) is 6.33 Å². The van der Waals surface area contributed by atoms with E-state index < -0.39 is 0 Å². The van der Waals surface area contributed by atoms with Crippen LogP contribution in [0.4, 0.5) is 0 Å². The van der Waals surface area contributed by atoms with Crippen LogP contribution in [0.3, 0.4) is 0 Å². The summed E-state index contributed by atoms with van der Waals surface area (Å²) >= 11 is 0. The average Bonchev–Trinajstić information content (AvgIpc) is 2.56. The lowest BCUT2D eigenvalue weighted by molar-refractivity contribution is 0.867. The first kappa shape index (κ1) is 13.4. The molecular weight excluding hydrogens is 258 g/mol. The van der Waals surface area contributed by atoms with Crippen molar-refractivity contribution in [1.29, 1.82) is 0 Å². The molecule has 0 N–H and O–H groups in total. The second-order valence-corrected chi connectivity index (χ2v) is 5.36. The number of nitrogens with zero attached hydrogens (tertiary/aromatic N) is 3. The van der Waals surface area contributed by atoms with E-state index in [1.54, 1.807) is 6.33 Å². The van der Waals surface area contributed by atoms with E-state index in [-0.39, 0.29) is 0 Å². The number of benzene rings is 1. The predicted molar refractivity (Wildman–Crippen MR) is 84.8 cm³/mol. The summed E-state index contributed by atoms with van der Waals surface area (Å²) in [6.07, 6.45) is 8.90. The summed E-state index contributed by atoms with van der Waals surface area (Å²) in [4.78, 5) is 12.3. The molecule has 3 heteroatoms. The predicted octanol–water partition coefficient (Wildman–Crippen LogP) is 4.33. The summed E-state index contributed by atoms with van der Waals surface area (Å²) in [5, 5.41) is 0. The van der Waals surface area contributed by atoms with Crippen LogP contribution < -0.4 is 0 Å². The monoisotopic (exact) mass is 275 g/mol. The first-order valence-electron chi connectivity index (χ1n) is 7.05. The van der Waals surface area contributed by atoms with Crippen molar-refractivity contribution in [1.82, 2.24) is 15.0 Å². The Bertz CT molecular complexity index is 664. The van der Waals surface area contributed by atoms with E-state index in [0.717, 1.165) is 11.1 Å². The maximum absolute atomic E-state index is 4.12. The lowest BCUT2D eigenvalue weighted by Gasteiger charge is -2.12. The molecule has 3 aromatic rings. The van der Waals surface area contributed by atoms with Crippen molar-refractivity contribution in [3.05, 3.63) is 67.0 Å². The topological polar surface area (TPSA) is 38.7 Å². The summed E-state index contributed by atoms with van der Waals surface area (Å²) < 4.78 is 0. The highest BCUT2D eigenvalue weighted by molar-refractivity contribution is 5.73. The molecule has 3 nitrogen and oxygen atoms in total. The normalized spacial score (nSPS) is 10.8. The molecule has 0 unspecified atom stereocenters. The van der Waals surface area contributed by atoms with Gasteiger partial charge in [-0.15, -0.1) is 0 Å². The molecule has 0 saturated carbocycles. The molecule has 0 fully saturated rings. The number of hydrogen-bond acceptors (Lipinski definition) is 3. The lowest BCUT2D eigenvalue weighted by Crippen LogP contribution is -1.92. The summed E-state index contributed by atoms with van der Waals surface area (Å²) in [6, 6.07) is 10.7. The van der Waals surface area contributed by atoms with Crippen molar-refractivity contribution in [3.8, 4) is 22.3 Å². The van der Waals surface area contributed by atoms with E-state index in [4.69, 9.17) is 0 Å². The average molecular weight is 275 g/mol. The molecule has 2 heterocycles. The Morgan fingerprint density at radius 3 is 1.95 bits per heavy atom. The van der Waals surface area contributed by atoms with Crippen LogP contribution in [0.2, 0.25) is 0 Å². The van der Waals surface area contributed by atoms with Gasteiger partial charge in [0.15, 0.2) is 0 Å². The first-order valence-corrected chi connectivity index (χ1v) is 7.05. The highest BCUT2D eigenvalue weighted by Crippen LogP contribution is 2.30. The van der Waals surface area contributed by atoms with Gasteiger partial charge in [-0.2, -0.15) is 0 Å². The van der Waals surface area contributed by atoms with Crippen molar-refractivity contribution in [2.75, 3.05) is 0 Å². The Morgan fingerprint density at radius 2 is 1.33 bits per heavy atom. The van der Waals surface area contributed by atoms with Gasteiger partial charge in [-0.05, 0) is 46.4 Å². The molecule has 0 saturated heterocycles. The van der Waals surface area contributed by atoms with Gasteiger partial charge in [-0.25, -0.2) is 9.97 Å². The number of pyridine rings is 1. The zero-order valence-electron chi connectivity index (χ0n) is 12.2. The number of hydrogen-bond donors (Lipinski definition) is 0. The van der Waals surface area contributed by atoms with Crippen LogP contribution in [0.15, 0.2) is 61.4 Å². The minimum Gasteiger partial charge on any atom is -0.265 e. The SMILES string of the molecule is CC(C)c1cc(-c2ccncc2)cc(-c2cncnc2)c1. The Balaban J connectivity index is 2.16. The summed E-state index contributed by atoms with van der Waals surface area (Å²) in [5.74, 6) is 0.468. The van der Waals surface area contributed by atoms with Gasteiger partial charge in [0.25, 0.3) is 0 Å². The zero-order chi connectivity index (χ0) is 14.7. The van der Waals surface area contributed by atoms with E-state index in [9.17, 15) is 0 Å². The highest BCUT2D eigenvalue weighted by atomic mass is 14.8. The van der Waals surface area contributed by atoms with Crippen LogP contribution >= 0.6 is 0 Å². The third kappa shape index (κ3) is 2.97. The quantitative estimate of drug-likeness (QED) is 0.714. The van der Waals surface area contributed by atoms with Crippen molar-refractivity contribution in [2.45, 2.75) is 19.8 Å². The Kier molecular flexibility index (Phi) is 3.73. The summed E-state index contributed by atoms with van der Waals surface area (Å²) in [5.41, 5.74) is 5.86. The van der Waals surface area contributed by atoms with Gasteiger partial charge in [0, 0.05) is 30.4 Å². The Hall–Kier alpha value is -2.55. The molecule has 0 aliphatic heterocycles. The minimum atomic E-state index is 0.468. The minimum absolute atomic E-state index is 0.468. The Labute approximate surface area is 124 Å². The standard InChI is InChI=1S/C18H17N3/c1-13(2)15-7-16(14-3-5-19-6-4-14)9-17(8-15)18-10-20-12-21-11-18/h3-13H,1-2H3. The molecule has 0 bridgehead atoms. The molecule has 0 radical (unpaired) electrons. The van der Waals surface area contributed by atoms with Gasteiger partial charge in [-0.1, -0.05) is 26.0 Å². The van der Waals surface area contributed by atoms with Gasteiger partial charge in [-0.3, -0.25) is 4.98 Å². The van der Waals surface area contributed by atoms with E-state index in [0.29, 0.717) is 5.92 Å². The molecular formula is C18H17N3. The van der Waals surface area contributed by atoms with Crippen molar-refractivity contribution >= 4 is 0 Å². The largest absolute Gasteiger partial charge is 0.265 e. The van der Waals surface area contributed by atoms with Crippen LogP contribution in [0, 0.1) is 0 Å². The second-order valence-electron chi connectivity index (χ2n) is 5.36. The van der Waals surface area contributed by atoms with Gasteiger partial charge < -0.3 is 0 Å². The molecule has 21 heavy (non-hydrogen) atoms. The smallest absolute Gasteiger partial charge is 0.115 e. The number of aromatic nitrogens is 3. The second kappa shape index (κ2) is 5.83. The zero-order valence-corrected chi connectivity index (χ0v) is 12.2. The molecule has 0 amide bonds. The van der Waals surface area contributed by atoms with Crippen LogP contribution in [0.5, 0.6) is 0 Å². The molecule has 0 aliphatic rings. The molecule has 0 atom stereocenters. The maximum atomic E-state index is 4.12. The van der Waals surface area contributed by atoms with E-state index in [1.807, 2.05) is 36.9 Å². The lowest BCUT2D eigenvalue weighted by atomic mass is 9.93. The summed E-state index contributed by atoms with van der Waals surface area (Å²) in [6.45, 7) is 4.41. The molecule has 0 spiro atoms. The molecule has 1 aromatic carbocycles. The molecule has 2 aromatic heterocycles. The van der Waals surface area contributed by atoms with Crippen molar-refractivity contribution in [2.24, 2.45) is 0 Å². The van der Waals surface area contributed by atoms with Crippen LogP contribution in [0.1, 0.15) is 25.3 Å². The third-order valence-electron chi connectivity index (χ3n) is 3.53. The van der Waals surface area contributed by atoms with E-state index >= 15 is 0 Å². The molecule has 104 valence electrons. The van der Waals surface area contributed by atoms with E-state index in [1.165, 1.54) is 16.7 Å². The molecule has 3 rings (SSSR count). The first-order chi connectivity index (χ1) is 10.2. The maximum Gasteiger partial charge on any atom is 0.115 e. The fourth-order valence-electron chi connectivity index (χ4n) is 2.31. The van der Waals surface area contributed by atoms with Crippen molar-refractivity contribution in [3.63, 3.8) is 0 Å². The van der Waals surface area contributed by atoms with Gasteiger partial charge in [0.05, 0.1) is 0 Å². The Morgan fingerprint density at radius 1 is 0.714 bits per heavy atom. The van der Waals surface area contributed by atoms with Crippen LogP contribution in [-0.2, 0) is 0 Å². The fourth-order valence-corrected chi connectivity index (χ4v) is 2.31. The fraction of sp³-hybridized carbons (Fsp3) is 0.167. The third-order valence-corrected chi connectivity index (χ3v) is 3.53.